The van der Waals surface area contributed by atoms with Crippen LogP contribution < -0.4 is 16.9 Å². The average Bonchev–Trinajstić information content (AvgIpc) is 2.50. The van der Waals surface area contributed by atoms with Gasteiger partial charge in [-0.1, -0.05) is 6.92 Å². The van der Waals surface area contributed by atoms with E-state index in [2.05, 4.69) is 4.74 Å². The molecule has 0 aromatic carbocycles. The van der Waals surface area contributed by atoms with E-state index in [-0.39, 0.29) is 17.6 Å². The van der Waals surface area contributed by atoms with E-state index in [1.165, 1.54) is 13.2 Å². The van der Waals surface area contributed by atoms with Gasteiger partial charge in [-0.05, 0) is 18.9 Å². The summed E-state index contributed by atoms with van der Waals surface area (Å²) >= 11 is 0. The number of nitrogens with zero attached hydrogens (tertiary/aromatic N) is 2. The Morgan fingerprint density at radius 1 is 1.23 bits per heavy atom. The maximum atomic E-state index is 12.5. The molecule has 2 rings (SSSR count). The van der Waals surface area contributed by atoms with Crippen LogP contribution in [0.5, 0.6) is 0 Å². The van der Waals surface area contributed by atoms with Crippen molar-refractivity contribution in [3.05, 3.63) is 42.9 Å². The third-order valence-electron chi connectivity index (χ3n) is 3.40. The van der Waals surface area contributed by atoms with Crippen molar-refractivity contribution < 1.29 is 13.9 Å². The quantitative estimate of drug-likeness (QED) is 0.729. The number of rotatable bonds is 4. The molecule has 8 heteroatoms. The van der Waals surface area contributed by atoms with Crippen LogP contribution in [0.4, 0.5) is 0 Å². The maximum absolute atomic E-state index is 12.5. The molecule has 0 saturated carbocycles. The number of esters is 1. The Morgan fingerprint density at radius 2 is 1.91 bits per heavy atom. The topological polar surface area (TPSA) is 101 Å². The first kappa shape index (κ1) is 15.7. The Morgan fingerprint density at radius 3 is 2.45 bits per heavy atom. The van der Waals surface area contributed by atoms with Gasteiger partial charge in [0.1, 0.15) is 11.9 Å². The molecule has 0 bridgehead atoms. The number of hydrogen-bond acceptors (Lipinski definition) is 6. The number of fused-ring (bicyclic) bond motifs is 1. The van der Waals surface area contributed by atoms with Gasteiger partial charge in [0.05, 0.1) is 7.11 Å². The summed E-state index contributed by atoms with van der Waals surface area (Å²) in [4.78, 5) is 47.9. The monoisotopic (exact) mass is 308 g/mol. The first-order chi connectivity index (χ1) is 10.4. The van der Waals surface area contributed by atoms with Crippen LogP contribution >= 0.6 is 0 Å². The molecule has 0 radical (unpaired) electrons. The van der Waals surface area contributed by atoms with E-state index in [0.717, 1.165) is 9.13 Å². The minimum atomic E-state index is -0.721. The van der Waals surface area contributed by atoms with Gasteiger partial charge in [0, 0.05) is 12.6 Å². The summed E-state index contributed by atoms with van der Waals surface area (Å²) in [5.41, 5.74) is -1.62. The zero-order chi connectivity index (χ0) is 16.4. The lowest BCUT2D eigenvalue weighted by Crippen LogP contribution is -2.42. The van der Waals surface area contributed by atoms with Crippen molar-refractivity contribution in [3.63, 3.8) is 0 Å². The molecule has 2 heterocycles. The highest BCUT2D eigenvalue weighted by molar-refractivity contribution is 5.76. The molecule has 2 aromatic rings. The summed E-state index contributed by atoms with van der Waals surface area (Å²) in [6.45, 7) is 3.14. The molecule has 0 spiro atoms. The lowest BCUT2D eigenvalue weighted by molar-refractivity contribution is -0.141. The van der Waals surface area contributed by atoms with E-state index >= 15 is 0 Å². The number of ether oxygens (including phenoxy) is 1. The summed E-state index contributed by atoms with van der Waals surface area (Å²) < 4.78 is 11.5. The van der Waals surface area contributed by atoms with Gasteiger partial charge < -0.3 is 9.15 Å². The molecule has 8 nitrogen and oxygen atoms in total. The third kappa shape index (κ3) is 2.47. The second kappa shape index (κ2) is 6.00. The van der Waals surface area contributed by atoms with E-state index in [1.54, 1.807) is 13.8 Å². The molecule has 0 atom stereocenters. The Balaban J connectivity index is 2.99. The Hall–Kier alpha value is -2.64. The summed E-state index contributed by atoms with van der Waals surface area (Å²) in [5.74, 6) is -0.711. The van der Waals surface area contributed by atoms with Gasteiger partial charge >= 0.3 is 17.3 Å². The van der Waals surface area contributed by atoms with Crippen LogP contribution in [0.1, 0.15) is 19.4 Å². The highest BCUT2D eigenvalue weighted by Crippen LogP contribution is 2.12. The van der Waals surface area contributed by atoms with Gasteiger partial charge in [0.2, 0.25) is 5.71 Å². The molecule has 22 heavy (non-hydrogen) atoms. The van der Waals surface area contributed by atoms with Crippen LogP contribution in [0.2, 0.25) is 0 Å². The molecule has 0 aliphatic carbocycles. The molecule has 0 aliphatic heterocycles. The van der Waals surface area contributed by atoms with E-state index in [0.29, 0.717) is 12.0 Å². The predicted octanol–water partition coefficient (Wildman–Crippen LogP) is -0.128. The number of carbonyl (C=O) groups excluding carboxylic acids is 1. The van der Waals surface area contributed by atoms with Crippen molar-refractivity contribution in [2.45, 2.75) is 33.4 Å². The normalized spacial score (nSPS) is 10.9. The van der Waals surface area contributed by atoms with E-state index in [1.807, 2.05) is 0 Å². The molecule has 0 N–H and O–H groups in total. The molecule has 0 aliphatic rings. The Labute approximate surface area is 124 Å². The Kier molecular flexibility index (Phi) is 4.30. The van der Waals surface area contributed by atoms with Gasteiger partial charge in [0.25, 0.3) is 5.56 Å². The van der Waals surface area contributed by atoms with Gasteiger partial charge in [-0.25, -0.2) is 14.2 Å². The first-order valence-electron chi connectivity index (χ1n) is 6.81. The molecule has 118 valence electrons. The van der Waals surface area contributed by atoms with Crippen molar-refractivity contribution >= 4 is 17.1 Å². The number of methoxy groups -OCH3 is 1. The van der Waals surface area contributed by atoms with Crippen molar-refractivity contribution in [1.29, 1.82) is 0 Å². The second-order valence-corrected chi connectivity index (χ2v) is 4.62. The highest BCUT2D eigenvalue weighted by Gasteiger charge is 2.19. The van der Waals surface area contributed by atoms with Crippen LogP contribution in [0.15, 0.2) is 24.9 Å². The van der Waals surface area contributed by atoms with Crippen molar-refractivity contribution in [1.82, 2.24) is 9.13 Å². The molecule has 0 saturated heterocycles. The SMILES string of the molecule is CCc1cc(=O)oc2c1c(=O)n(CC(=O)OC)c(=O)n2CC. The van der Waals surface area contributed by atoms with Crippen LogP contribution in [-0.4, -0.2) is 22.2 Å². The molecule has 2 aromatic heterocycles. The van der Waals surface area contributed by atoms with Gasteiger partial charge in [-0.2, -0.15) is 0 Å². The summed E-state index contributed by atoms with van der Waals surface area (Å²) in [7, 11) is 1.17. The van der Waals surface area contributed by atoms with E-state index < -0.39 is 29.4 Å². The standard InChI is InChI=1S/C14H16N2O6/c1-4-8-6-9(17)22-13-11(8)12(19)16(7-10(18)21-3)14(20)15(13)5-2/h6H,4-5,7H2,1-3H3. The second-order valence-electron chi connectivity index (χ2n) is 4.62. The Bertz CT molecular complexity index is 902. The van der Waals surface area contributed by atoms with Gasteiger partial charge in [-0.3, -0.25) is 14.2 Å². The molecule has 0 unspecified atom stereocenters. The maximum Gasteiger partial charge on any atom is 0.337 e. The number of carbonyl (C=O) groups is 1. The lowest BCUT2D eigenvalue weighted by atomic mass is 10.1. The first-order valence-corrected chi connectivity index (χ1v) is 6.81. The number of aromatic nitrogens is 2. The van der Waals surface area contributed by atoms with Crippen LogP contribution in [0.3, 0.4) is 0 Å². The minimum Gasteiger partial charge on any atom is -0.468 e. The minimum absolute atomic E-state index is 0.0667. The molecule has 0 amide bonds. The summed E-state index contributed by atoms with van der Waals surface area (Å²) in [6, 6.07) is 1.22. The van der Waals surface area contributed by atoms with E-state index in [4.69, 9.17) is 4.42 Å². The average molecular weight is 308 g/mol. The number of aryl methyl sites for hydroxylation is 2. The fraction of sp³-hybridized carbons (Fsp3) is 0.429. The van der Waals surface area contributed by atoms with Crippen molar-refractivity contribution in [2.75, 3.05) is 7.11 Å². The predicted molar refractivity (Wildman–Crippen MR) is 78.1 cm³/mol. The fourth-order valence-corrected chi connectivity index (χ4v) is 2.29. The van der Waals surface area contributed by atoms with Gasteiger partial charge in [0.15, 0.2) is 0 Å². The van der Waals surface area contributed by atoms with Crippen molar-refractivity contribution in [3.8, 4) is 0 Å². The van der Waals surface area contributed by atoms with Crippen molar-refractivity contribution in [2.24, 2.45) is 0 Å². The zero-order valence-electron chi connectivity index (χ0n) is 12.5. The summed E-state index contributed by atoms with van der Waals surface area (Å²) in [6.07, 6.45) is 0.414. The molecule has 0 fully saturated rings. The zero-order valence-corrected chi connectivity index (χ0v) is 12.5. The van der Waals surface area contributed by atoms with E-state index in [9.17, 15) is 19.2 Å². The molecular formula is C14H16N2O6. The lowest BCUT2D eigenvalue weighted by Gasteiger charge is -2.12. The van der Waals surface area contributed by atoms with Crippen LogP contribution in [-0.2, 0) is 29.0 Å². The molecular weight excluding hydrogens is 292 g/mol. The number of hydrogen-bond donors (Lipinski definition) is 0. The van der Waals surface area contributed by atoms with Crippen LogP contribution in [0.25, 0.3) is 11.1 Å². The smallest absolute Gasteiger partial charge is 0.337 e. The third-order valence-corrected chi connectivity index (χ3v) is 3.40. The fourth-order valence-electron chi connectivity index (χ4n) is 2.29. The highest BCUT2D eigenvalue weighted by atomic mass is 16.5. The largest absolute Gasteiger partial charge is 0.468 e. The van der Waals surface area contributed by atoms with Crippen LogP contribution in [0, 0.1) is 0 Å². The van der Waals surface area contributed by atoms with Gasteiger partial charge in [-0.15, -0.1) is 0 Å². The summed E-state index contributed by atoms with van der Waals surface area (Å²) in [5, 5.41) is 0.132.